The molecule has 14 heavy (non-hydrogen) atoms. The summed E-state index contributed by atoms with van der Waals surface area (Å²) in [6.07, 6.45) is -5.03. The molecule has 0 N–H and O–H groups in total. The van der Waals surface area contributed by atoms with Crippen LogP contribution < -0.4 is 0 Å². The lowest BCUT2D eigenvalue weighted by molar-refractivity contribution is -0.142. The summed E-state index contributed by atoms with van der Waals surface area (Å²) in [5.41, 5.74) is -1.01. The smallest absolute Gasteiger partial charge is 0.368 e. The van der Waals surface area contributed by atoms with Gasteiger partial charge in [-0.15, -0.1) is 0 Å². The minimum atomic E-state index is -4.48. The molecule has 78 valence electrons. The molecule has 1 aromatic heterocycles. The van der Waals surface area contributed by atoms with Crippen molar-refractivity contribution in [2.24, 2.45) is 7.05 Å². The standard InChI is InChI=1S/C7H6ClF3N2O/c1-13-6(8)4(3-2-14-3)5(12-13)7(9,10)11/h3H,2H2,1H3/t3-/m0/s1. The Balaban J connectivity index is 2.53. The van der Waals surface area contributed by atoms with E-state index in [1.165, 1.54) is 7.05 Å². The van der Waals surface area contributed by atoms with E-state index >= 15 is 0 Å². The zero-order valence-corrected chi connectivity index (χ0v) is 7.85. The second kappa shape index (κ2) is 2.87. The molecule has 0 unspecified atom stereocenters. The summed E-state index contributed by atoms with van der Waals surface area (Å²) in [6.45, 7) is 0.272. The molecule has 1 aromatic rings. The third-order valence-corrected chi connectivity index (χ3v) is 2.38. The highest BCUT2D eigenvalue weighted by atomic mass is 35.5. The number of epoxide rings is 1. The monoisotopic (exact) mass is 226 g/mol. The predicted molar refractivity (Wildman–Crippen MR) is 41.9 cm³/mol. The highest BCUT2D eigenvalue weighted by Gasteiger charge is 2.44. The van der Waals surface area contributed by atoms with Crippen molar-refractivity contribution in [2.45, 2.75) is 12.3 Å². The van der Waals surface area contributed by atoms with E-state index in [2.05, 4.69) is 5.10 Å². The maximum Gasteiger partial charge on any atom is 0.435 e. The van der Waals surface area contributed by atoms with Gasteiger partial charge < -0.3 is 4.74 Å². The summed E-state index contributed by atoms with van der Waals surface area (Å²) in [4.78, 5) is 0. The molecule has 1 fully saturated rings. The van der Waals surface area contributed by atoms with Crippen LogP contribution in [0.3, 0.4) is 0 Å². The lowest BCUT2D eigenvalue weighted by Crippen LogP contribution is -2.09. The molecule has 0 spiro atoms. The van der Waals surface area contributed by atoms with Crippen molar-refractivity contribution in [3.8, 4) is 0 Å². The molecular weight excluding hydrogens is 221 g/mol. The van der Waals surface area contributed by atoms with Gasteiger partial charge in [-0.05, 0) is 0 Å². The molecule has 0 aliphatic carbocycles. The Bertz CT molecular complexity index is 370. The fourth-order valence-electron chi connectivity index (χ4n) is 1.23. The Hall–Kier alpha value is -0.750. The topological polar surface area (TPSA) is 30.4 Å². The maximum absolute atomic E-state index is 12.4. The molecule has 2 rings (SSSR count). The summed E-state index contributed by atoms with van der Waals surface area (Å²) in [5.74, 6) is 0. The van der Waals surface area contributed by atoms with Crippen LogP contribution in [0.1, 0.15) is 17.4 Å². The second-order valence-electron chi connectivity index (χ2n) is 3.00. The van der Waals surface area contributed by atoms with E-state index < -0.39 is 18.0 Å². The quantitative estimate of drug-likeness (QED) is 0.687. The molecule has 7 heteroatoms. The van der Waals surface area contributed by atoms with Crippen LogP contribution in [-0.2, 0) is 18.0 Å². The van der Waals surface area contributed by atoms with Gasteiger partial charge in [0.15, 0.2) is 5.69 Å². The van der Waals surface area contributed by atoms with E-state index in [0.717, 1.165) is 4.68 Å². The number of ether oxygens (including phenoxy) is 1. The lowest BCUT2D eigenvalue weighted by atomic mass is 10.2. The predicted octanol–water partition coefficient (Wildman–Crippen LogP) is 2.16. The Labute approximate surface area is 82.4 Å². The van der Waals surface area contributed by atoms with Crippen LogP contribution in [0.4, 0.5) is 13.2 Å². The van der Waals surface area contributed by atoms with Gasteiger partial charge in [-0.2, -0.15) is 18.3 Å². The van der Waals surface area contributed by atoms with Gasteiger partial charge in [0.05, 0.1) is 12.2 Å². The van der Waals surface area contributed by atoms with Gasteiger partial charge in [0, 0.05) is 7.05 Å². The van der Waals surface area contributed by atoms with Gasteiger partial charge in [0.25, 0.3) is 0 Å². The van der Waals surface area contributed by atoms with Crippen molar-refractivity contribution in [1.82, 2.24) is 9.78 Å². The summed E-state index contributed by atoms with van der Waals surface area (Å²) in [6, 6.07) is 0. The number of aromatic nitrogens is 2. The van der Waals surface area contributed by atoms with Crippen molar-refractivity contribution in [3.05, 3.63) is 16.4 Å². The molecular formula is C7H6ClF3N2O. The van der Waals surface area contributed by atoms with Gasteiger partial charge >= 0.3 is 6.18 Å². The first-order chi connectivity index (χ1) is 6.41. The largest absolute Gasteiger partial charge is 0.435 e. The van der Waals surface area contributed by atoms with E-state index in [9.17, 15) is 13.2 Å². The molecule has 0 amide bonds. The SMILES string of the molecule is Cn1nc(C(F)(F)F)c([C@@H]2CO2)c1Cl. The Kier molecular flexibility index (Phi) is 2.01. The number of rotatable bonds is 1. The highest BCUT2D eigenvalue weighted by molar-refractivity contribution is 6.30. The molecule has 1 aliphatic heterocycles. The fourth-order valence-corrected chi connectivity index (χ4v) is 1.48. The number of aryl methyl sites for hydroxylation is 1. The van der Waals surface area contributed by atoms with Crippen LogP contribution in [0.5, 0.6) is 0 Å². The third-order valence-electron chi connectivity index (χ3n) is 1.94. The Morgan fingerprint density at radius 3 is 2.57 bits per heavy atom. The van der Waals surface area contributed by atoms with E-state index in [1.54, 1.807) is 0 Å². The Morgan fingerprint density at radius 1 is 1.57 bits per heavy atom. The van der Waals surface area contributed by atoms with Crippen LogP contribution in [0.15, 0.2) is 0 Å². The molecule has 0 bridgehead atoms. The molecule has 1 aliphatic rings. The van der Waals surface area contributed by atoms with Gasteiger partial charge in [0.2, 0.25) is 0 Å². The first-order valence-corrected chi connectivity index (χ1v) is 4.20. The summed E-state index contributed by atoms with van der Waals surface area (Å²) >= 11 is 5.68. The van der Waals surface area contributed by atoms with Gasteiger partial charge in [-0.1, -0.05) is 11.6 Å². The van der Waals surface area contributed by atoms with Gasteiger partial charge in [-0.3, -0.25) is 4.68 Å². The van der Waals surface area contributed by atoms with Crippen LogP contribution in [0.25, 0.3) is 0 Å². The molecule has 0 radical (unpaired) electrons. The van der Waals surface area contributed by atoms with Crippen molar-refractivity contribution < 1.29 is 17.9 Å². The number of halogens is 4. The number of hydrogen-bond acceptors (Lipinski definition) is 2. The molecule has 1 saturated heterocycles. The zero-order valence-electron chi connectivity index (χ0n) is 7.10. The van der Waals surface area contributed by atoms with Crippen LogP contribution >= 0.6 is 11.6 Å². The minimum absolute atomic E-state index is 0.0141. The fraction of sp³-hybridized carbons (Fsp3) is 0.571. The zero-order chi connectivity index (χ0) is 10.5. The molecule has 0 aromatic carbocycles. The van der Waals surface area contributed by atoms with Crippen LogP contribution in [-0.4, -0.2) is 16.4 Å². The third kappa shape index (κ3) is 1.48. The average Bonchev–Trinajstić information content (AvgIpc) is 2.81. The van der Waals surface area contributed by atoms with Crippen molar-refractivity contribution in [3.63, 3.8) is 0 Å². The van der Waals surface area contributed by atoms with E-state index in [1.807, 2.05) is 0 Å². The first-order valence-electron chi connectivity index (χ1n) is 3.82. The lowest BCUT2D eigenvalue weighted by Gasteiger charge is -2.03. The molecule has 1 atom stereocenters. The molecule has 2 heterocycles. The number of alkyl halides is 3. The first kappa shape index (κ1) is 9.79. The van der Waals surface area contributed by atoms with Crippen LogP contribution in [0, 0.1) is 0 Å². The number of nitrogens with zero attached hydrogens (tertiary/aromatic N) is 2. The van der Waals surface area contributed by atoms with E-state index in [-0.39, 0.29) is 17.3 Å². The molecule has 3 nitrogen and oxygen atoms in total. The second-order valence-corrected chi connectivity index (χ2v) is 3.35. The highest BCUT2D eigenvalue weighted by Crippen LogP contribution is 2.42. The van der Waals surface area contributed by atoms with Crippen molar-refractivity contribution in [1.29, 1.82) is 0 Å². The maximum atomic E-state index is 12.4. The van der Waals surface area contributed by atoms with E-state index in [0.29, 0.717) is 0 Å². The van der Waals surface area contributed by atoms with Gasteiger partial charge in [0.1, 0.15) is 11.3 Å². The molecule has 0 saturated carbocycles. The van der Waals surface area contributed by atoms with E-state index in [4.69, 9.17) is 16.3 Å². The average molecular weight is 227 g/mol. The van der Waals surface area contributed by atoms with Crippen molar-refractivity contribution in [2.75, 3.05) is 6.61 Å². The van der Waals surface area contributed by atoms with Crippen molar-refractivity contribution >= 4 is 11.6 Å². The summed E-state index contributed by atoms with van der Waals surface area (Å²) < 4.78 is 43.1. The van der Waals surface area contributed by atoms with Crippen LogP contribution in [0.2, 0.25) is 5.15 Å². The Morgan fingerprint density at radius 2 is 2.14 bits per heavy atom. The van der Waals surface area contributed by atoms with Gasteiger partial charge in [-0.25, -0.2) is 0 Å². The normalized spacial score (nSPS) is 21.4. The number of hydrogen-bond donors (Lipinski definition) is 0. The summed E-state index contributed by atoms with van der Waals surface area (Å²) in [5, 5.41) is 3.31. The minimum Gasteiger partial charge on any atom is -0.368 e. The summed E-state index contributed by atoms with van der Waals surface area (Å²) in [7, 11) is 1.36.